The summed E-state index contributed by atoms with van der Waals surface area (Å²) in [5.41, 5.74) is 3.73. The van der Waals surface area contributed by atoms with Crippen LogP contribution in [0.3, 0.4) is 0 Å². The van der Waals surface area contributed by atoms with Crippen molar-refractivity contribution in [2.75, 3.05) is 6.54 Å². The van der Waals surface area contributed by atoms with E-state index in [2.05, 4.69) is 26.9 Å². The lowest BCUT2D eigenvalue weighted by molar-refractivity contribution is 0.213. The van der Waals surface area contributed by atoms with Gasteiger partial charge in [-0.25, -0.2) is 14.4 Å². The lowest BCUT2D eigenvalue weighted by Gasteiger charge is -2.26. The Balaban J connectivity index is 1.44. The Morgan fingerprint density at radius 1 is 1.27 bits per heavy atom. The van der Waals surface area contributed by atoms with Crippen LogP contribution in [0.1, 0.15) is 36.2 Å². The van der Waals surface area contributed by atoms with Gasteiger partial charge in [0.25, 0.3) is 0 Å². The molecule has 0 saturated carbocycles. The Labute approximate surface area is 151 Å². The molecule has 0 aliphatic carbocycles. The molecule has 134 valence electrons. The highest BCUT2D eigenvalue weighted by Gasteiger charge is 2.20. The minimum Gasteiger partial charge on any atom is -0.359 e. The molecule has 1 aliphatic rings. The second kappa shape index (κ2) is 7.33. The molecule has 6 heteroatoms. The molecule has 0 N–H and O–H groups in total. The summed E-state index contributed by atoms with van der Waals surface area (Å²) in [7, 11) is 0. The van der Waals surface area contributed by atoms with Gasteiger partial charge in [-0.05, 0) is 18.6 Å². The molecule has 0 spiro atoms. The molecular weight excluding hydrogens is 331 g/mol. The summed E-state index contributed by atoms with van der Waals surface area (Å²) in [5, 5.41) is 4.08. The predicted octanol–water partition coefficient (Wildman–Crippen LogP) is 3.78. The second-order valence-electron chi connectivity index (χ2n) is 6.66. The maximum absolute atomic E-state index is 13.4. The number of aromatic nitrogens is 3. The summed E-state index contributed by atoms with van der Waals surface area (Å²) in [6.07, 6.45) is 4.86. The van der Waals surface area contributed by atoms with Crippen molar-refractivity contribution in [1.82, 2.24) is 20.0 Å². The van der Waals surface area contributed by atoms with Crippen molar-refractivity contribution in [2.24, 2.45) is 0 Å². The Kier molecular flexibility index (Phi) is 4.75. The Morgan fingerprint density at radius 3 is 3.04 bits per heavy atom. The molecule has 3 aromatic rings. The third-order valence-corrected chi connectivity index (χ3v) is 4.60. The molecule has 2 aromatic heterocycles. The first kappa shape index (κ1) is 16.8. The molecular formula is C20H21FN4O. The minimum absolute atomic E-state index is 0.276. The number of hydrogen-bond donors (Lipinski definition) is 0. The summed E-state index contributed by atoms with van der Waals surface area (Å²) in [6.45, 7) is 4.53. The molecule has 0 unspecified atom stereocenters. The van der Waals surface area contributed by atoms with Gasteiger partial charge >= 0.3 is 0 Å². The fourth-order valence-electron chi connectivity index (χ4n) is 3.29. The van der Waals surface area contributed by atoms with E-state index in [4.69, 9.17) is 4.52 Å². The van der Waals surface area contributed by atoms with E-state index in [0.29, 0.717) is 12.2 Å². The van der Waals surface area contributed by atoms with Gasteiger partial charge in [-0.1, -0.05) is 24.2 Å². The molecule has 0 saturated heterocycles. The van der Waals surface area contributed by atoms with Crippen LogP contribution in [0.4, 0.5) is 4.39 Å². The van der Waals surface area contributed by atoms with Crippen LogP contribution in [-0.2, 0) is 25.9 Å². The van der Waals surface area contributed by atoms with Crippen LogP contribution >= 0.6 is 0 Å². The van der Waals surface area contributed by atoms with E-state index in [0.717, 1.165) is 55.2 Å². The minimum atomic E-state index is -0.276. The highest BCUT2D eigenvalue weighted by atomic mass is 19.1. The molecule has 0 bridgehead atoms. The van der Waals surface area contributed by atoms with Gasteiger partial charge in [0.15, 0.2) is 5.76 Å². The number of nitrogens with zero attached hydrogens (tertiary/aromatic N) is 4. The zero-order valence-corrected chi connectivity index (χ0v) is 14.8. The Bertz CT molecular complexity index is 908. The molecule has 0 fully saturated rings. The van der Waals surface area contributed by atoms with Crippen molar-refractivity contribution in [3.8, 4) is 11.3 Å². The van der Waals surface area contributed by atoms with E-state index in [9.17, 15) is 4.39 Å². The van der Waals surface area contributed by atoms with E-state index < -0.39 is 0 Å². The topological polar surface area (TPSA) is 55.1 Å². The molecule has 3 heterocycles. The van der Waals surface area contributed by atoms with E-state index >= 15 is 0 Å². The van der Waals surface area contributed by atoms with Crippen molar-refractivity contribution in [2.45, 2.75) is 39.3 Å². The zero-order chi connectivity index (χ0) is 17.9. The van der Waals surface area contributed by atoms with Gasteiger partial charge in [0, 0.05) is 55.0 Å². The van der Waals surface area contributed by atoms with Crippen molar-refractivity contribution < 1.29 is 8.91 Å². The average molecular weight is 352 g/mol. The first-order chi connectivity index (χ1) is 12.7. The van der Waals surface area contributed by atoms with E-state index in [1.807, 2.05) is 18.3 Å². The Hall–Kier alpha value is -2.60. The summed E-state index contributed by atoms with van der Waals surface area (Å²) < 4.78 is 18.8. The lowest BCUT2D eigenvalue weighted by atomic mass is 10.1. The smallest absolute Gasteiger partial charge is 0.151 e. The summed E-state index contributed by atoms with van der Waals surface area (Å²) >= 11 is 0. The van der Waals surface area contributed by atoms with Gasteiger partial charge in [0.2, 0.25) is 0 Å². The molecule has 0 amide bonds. The van der Waals surface area contributed by atoms with Crippen LogP contribution < -0.4 is 0 Å². The first-order valence-corrected chi connectivity index (χ1v) is 8.99. The van der Waals surface area contributed by atoms with E-state index in [1.165, 1.54) is 17.7 Å². The highest BCUT2D eigenvalue weighted by Crippen LogP contribution is 2.23. The number of fused-ring (bicyclic) bond motifs is 1. The van der Waals surface area contributed by atoms with Crippen LogP contribution in [0.2, 0.25) is 0 Å². The maximum Gasteiger partial charge on any atom is 0.151 e. The zero-order valence-electron chi connectivity index (χ0n) is 14.8. The van der Waals surface area contributed by atoms with Crippen LogP contribution in [-0.4, -0.2) is 26.6 Å². The Morgan fingerprint density at radius 2 is 2.19 bits per heavy atom. The monoisotopic (exact) mass is 352 g/mol. The first-order valence-electron chi connectivity index (χ1n) is 8.99. The number of halogens is 1. The normalized spacial score (nSPS) is 14.4. The molecule has 5 nitrogen and oxygen atoms in total. The quantitative estimate of drug-likeness (QED) is 0.699. The summed E-state index contributed by atoms with van der Waals surface area (Å²) in [5.74, 6) is 1.44. The van der Waals surface area contributed by atoms with Gasteiger partial charge in [0.1, 0.15) is 17.3 Å². The standard InChI is InChI=1S/C20H21FN4O/c1-2-4-20-22-11-15-12-25(8-7-18(15)23-20)13-17-10-19(24-26-17)14-5-3-6-16(21)9-14/h3,5-6,9-11H,2,4,7-8,12-13H2,1H3. The van der Waals surface area contributed by atoms with Gasteiger partial charge in [0.05, 0.1) is 6.54 Å². The third-order valence-electron chi connectivity index (χ3n) is 4.60. The lowest BCUT2D eigenvalue weighted by Crippen LogP contribution is -2.31. The third kappa shape index (κ3) is 3.65. The number of hydrogen-bond acceptors (Lipinski definition) is 5. The molecule has 1 aliphatic heterocycles. The van der Waals surface area contributed by atoms with Gasteiger partial charge in [-0.3, -0.25) is 4.90 Å². The fourth-order valence-corrected chi connectivity index (χ4v) is 3.29. The largest absolute Gasteiger partial charge is 0.359 e. The van der Waals surface area contributed by atoms with Crippen LogP contribution in [0.5, 0.6) is 0 Å². The van der Waals surface area contributed by atoms with Crippen molar-refractivity contribution in [1.29, 1.82) is 0 Å². The van der Waals surface area contributed by atoms with E-state index in [1.54, 1.807) is 6.07 Å². The van der Waals surface area contributed by atoms with Crippen molar-refractivity contribution >= 4 is 0 Å². The van der Waals surface area contributed by atoms with Crippen LogP contribution in [0.25, 0.3) is 11.3 Å². The SMILES string of the molecule is CCCc1ncc2c(n1)CCN(Cc1cc(-c3cccc(F)c3)no1)C2. The average Bonchev–Trinajstić information content (AvgIpc) is 3.11. The fraction of sp³-hybridized carbons (Fsp3) is 0.350. The van der Waals surface area contributed by atoms with Crippen molar-refractivity contribution in [3.63, 3.8) is 0 Å². The molecule has 1 aromatic carbocycles. The predicted molar refractivity (Wildman–Crippen MR) is 95.7 cm³/mol. The van der Waals surface area contributed by atoms with E-state index in [-0.39, 0.29) is 5.82 Å². The van der Waals surface area contributed by atoms with Crippen molar-refractivity contribution in [3.05, 3.63) is 65.2 Å². The van der Waals surface area contributed by atoms with Gasteiger partial charge in [-0.15, -0.1) is 0 Å². The maximum atomic E-state index is 13.4. The second-order valence-corrected chi connectivity index (χ2v) is 6.66. The number of rotatable bonds is 5. The van der Waals surface area contributed by atoms with Gasteiger partial charge in [-0.2, -0.15) is 0 Å². The molecule has 0 radical (unpaired) electrons. The van der Waals surface area contributed by atoms with Gasteiger partial charge < -0.3 is 4.52 Å². The molecule has 4 rings (SSSR count). The molecule has 26 heavy (non-hydrogen) atoms. The molecule has 0 atom stereocenters. The number of benzene rings is 1. The highest BCUT2D eigenvalue weighted by molar-refractivity contribution is 5.58. The summed E-state index contributed by atoms with van der Waals surface area (Å²) in [4.78, 5) is 11.4. The van der Waals surface area contributed by atoms with Crippen LogP contribution in [0, 0.1) is 5.82 Å². The number of aryl methyl sites for hydroxylation is 1. The van der Waals surface area contributed by atoms with Crippen LogP contribution in [0.15, 0.2) is 41.1 Å². The summed E-state index contributed by atoms with van der Waals surface area (Å²) in [6, 6.07) is 8.26.